The van der Waals surface area contributed by atoms with Crippen molar-refractivity contribution in [1.29, 1.82) is 0 Å². The van der Waals surface area contributed by atoms with Crippen molar-refractivity contribution in [1.82, 2.24) is 15.6 Å². The Hall–Kier alpha value is -2.15. The average molecular weight is 265 g/mol. The minimum Gasteiger partial charge on any atom is -0.354 e. The fraction of sp³-hybridized carbons (Fsp3) is 0.417. The molecule has 104 valence electrons. The van der Waals surface area contributed by atoms with Gasteiger partial charge in [0, 0.05) is 31.4 Å². The Morgan fingerprint density at radius 2 is 2.16 bits per heavy atom. The highest BCUT2D eigenvalue weighted by molar-refractivity contribution is 5.99. The first kappa shape index (κ1) is 14.9. The van der Waals surface area contributed by atoms with Gasteiger partial charge in [-0.2, -0.15) is 0 Å². The van der Waals surface area contributed by atoms with Crippen LogP contribution in [0.25, 0.3) is 0 Å². The number of rotatable bonds is 6. The minimum absolute atomic E-state index is 0.0922. The zero-order valence-corrected chi connectivity index (χ0v) is 11.1. The second-order valence-corrected chi connectivity index (χ2v) is 4.29. The van der Waals surface area contributed by atoms with Crippen LogP contribution in [-0.2, 0) is 4.79 Å². The molecule has 1 rings (SSSR count). The Kier molecular flexibility index (Phi) is 5.74. The van der Waals surface area contributed by atoms with Crippen molar-refractivity contribution in [2.24, 2.45) is 5.84 Å². The number of hydrazine groups is 1. The van der Waals surface area contributed by atoms with Crippen molar-refractivity contribution < 1.29 is 9.59 Å². The topological polar surface area (TPSA) is 109 Å². The third-order valence-electron chi connectivity index (χ3n) is 2.31. The van der Waals surface area contributed by atoms with Gasteiger partial charge >= 0.3 is 0 Å². The number of carbonyl (C=O) groups is 2. The molecule has 1 aromatic rings. The fourth-order valence-electron chi connectivity index (χ4n) is 1.48. The standard InChI is InChI=1S/C12H19N5O2/c1-8(2)16-11(18)4-6-15-12(19)9-7-14-5-3-10(9)17-13/h3,5,7-8H,4,6,13H2,1-2H3,(H,14,17)(H,15,19)(H,16,18). The molecule has 0 atom stereocenters. The SMILES string of the molecule is CC(C)NC(=O)CCNC(=O)c1cnccc1NN. The highest BCUT2D eigenvalue weighted by atomic mass is 16.2. The minimum atomic E-state index is -0.321. The number of carbonyl (C=O) groups excluding carboxylic acids is 2. The smallest absolute Gasteiger partial charge is 0.255 e. The summed E-state index contributed by atoms with van der Waals surface area (Å²) in [6.45, 7) is 4.02. The summed E-state index contributed by atoms with van der Waals surface area (Å²) in [7, 11) is 0. The third kappa shape index (κ3) is 4.92. The van der Waals surface area contributed by atoms with Gasteiger partial charge < -0.3 is 16.1 Å². The van der Waals surface area contributed by atoms with Gasteiger partial charge in [-0.15, -0.1) is 0 Å². The van der Waals surface area contributed by atoms with Crippen molar-refractivity contribution >= 4 is 17.5 Å². The monoisotopic (exact) mass is 265 g/mol. The molecule has 1 aromatic heterocycles. The Bertz CT molecular complexity index is 448. The third-order valence-corrected chi connectivity index (χ3v) is 2.31. The van der Waals surface area contributed by atoms with E-state index in [2.05, 4.69) is 21.0 Å². The first-order chi connectivity index (χ1) is 9.04. The van der Waals surface area contributed by atoms with E-state index < -0.39 is 0 Å². The fourth-order valence-corrected chi connectivity index (χ4v) is 1.48. The number of nitrogens with zero attached hydrogens (tertiary/aromatic N) is 1. The van der Waals surface area contributed by atoms with E-state index in [9.17, 15) is 9.59 Å². The summed E-state index contributed by atoms with van der Waals surface area (Å²) in [5.74, 6) is 4.88. The zero-order chi connectivity index (χ0) is 14.3. The summed E-state index contributed by atoms with van der Waals surface area (Å²) in [4.78, 5) is 27.1. The number of nitrogen functional groups attached to an aromatic ring is 1. The molecule has 19 heavy (non-hydrogen) atoms. The molecule has 5 N–H and O–H groups in total. The molecular weight excluding hydrogens is 246 g/mol. The predicted molar refractivity (Wildman–Crippen MR) is 72.3 cm³/mol. The van der Waals surface area contributed by atoms with E-state index >= 15 is 0 Å². The molecule has 0 radical (unpaired) electrons. The summed E-state index contributed by atoms with van der Waals surface area (Å²) >= 11 is 0. The molecule has 0 aliphatic heterocycles. The Morgan fingerprint density at radius 3 is 2.79 bits per heavy atom. The second kappa shape index (κ2) is 7.32. The number of nitrogens with two attached hydrogens (primary N) is 1. The predicted octanol–water partition coefficient (Wildman–Crippen LogP) is 0.0117. The largest absolute Gasteiger partial charge is 0.354 e. The van der Waals surface area contributed by atoms with Gasteiger partial charge in [0.1, 0.15) is 0 Å². The Balaban J connectivity index is 2.45. The normalized spacial score (nSPS) is 10.1. The van der Waals surface area contributed by atoms with Crippen molar-refractivity contribution in [3.8, 4) is 0 Å². The van der Waals surface area contributed by atoms with Crippen molar-refractivity contribution in [3.05, 3.63) is 24.0 Å². The molecule has 0 spiro atoms. The highest BCUT2D eigenvalue weighted by Gasteiger charge is 2.11. The lowest BCUT2D eigenvalue weighted by atomic mass is 10.2. The Labute approximate surface area is 111 Å². The van der Waals surface area contributed by atoms with Crippen LogP contribution in [0.1, 0.15) is 30.6 Å². The second-order valence-electron chi connectivity index (χ2n) is 4.29. The van der Waals surface area contributed by atoms with Crippen LogP contribution in [-0.4, -0.2) is 29.4 Å². The summed E-state index contributed by atoms with van der Waals surface area (Å²) in [6.07, 6.45) is 3.18. The van der Waals surface area contributed by atoms with Crippen LogP contribution in [0, 0.1) is 0 Å². The number of pyridine rings is 1. The van der Waals surface area contributed by atoms with E-state index in [1.165, 1.54) is 12.4 Å². The molecule has 0 bridgehead atoms. The van der Waals surface area contributed by atoms with Gasteiger partial charge in [0.15, 0.2) is 0 Å². The lowest BCUT2D eigenvalue weighted by Gasteiger charge is -2.10. The molecule has 0 saturated heterocycles. The van der Waals surface area contributed by atoms with Crippen LogP contribution in [0.15, 0.2) is 18.5 Å². The van der Waals surface area contributed by atoms with Gasteiger partial charge in [-0.05, 0) is 19.9 Å². The van der Waals surface area contributed by atoms with Crippen LogP contribution >= 0.6 is 0 Å². The maximum absolute atomic E-state index is 11.8. The zero-order valence-electron chi connectivity index (χ0n) is 11.1. The lowest BCUT2D eigenvalue weighted by Crippen LogP contribution is -2.34. The molecule has 0 unspecified atom stereocenters. The van der Waals surface area contributed by atoms with E-state index in [1.807, 2.05) is 13.8 Å². The van der Waals surface area contributed by atoms with Crippen molar-refractivity contribution in [2.75, 3.05) is 12.0 Å². The summed E-state index contributed by atoms with van der Waals surface area (Å²) in [6, 6.07) is 1.69. The quantitative estimate of drug-likeness (QED) is 0.428. The van der Waals surface area contributed by atoms with Gasteiger partial charge in [0.2, 0.25) is 5.91 Å². The van der Waals surface area contributed by atoms with E-state index in [-0.39, 0.29) is 30.8 Å². The molecule has 7 nitrogen and oxygen atoms in total. The Morgan fingerprint density at radius 1 is 1.42 bits per heavy atom. The number of amides is 2. The number of nitrogens with one attached hydrogen (secondary N) is 3. The van der Waals surface area contributed by atoms with Gasteiger partial charge in [-0.3, -0.25) is 20.4 Å². The average Bonchev–Trinajstić information content (AvgIpc) is 2.37. The van der Waals surface area contributed by atoms with Crippen molar-refractivity contribution in [2.45, 2.75) is 26.3 Å². The van der Waals surface area contributed by atoms with Crippen molar-refractivity contribution in [3.63, 3.8) is 0 Å². The molecule has 7 heteroatoms. The number of aromatic nitrogens is 1. The van der Waals surface area contributed by atoms with Crippen LogP contribution in [0.3, 0.4) is 0 Å². The highest BCUT2D eigenvalue weighted by Crippen LogP contribution is 2.11. The molecule has 0 aliphatic rings. The number of hydrogen-bond donors (Lipinski definition) is 4. The van der Waals surface area contributed by atoms with Crippen LogP contribution in [0.5, 0.6) is 0 Å². The first-order valence-corrected chi connectivity index (χ1v) is 6.02. The van der Waals surface area contributed by atoms with Gasteiger partial charge in [-0.1, -0.05) is 0 Å². The maximum atomic E-state index is 11.8. The molecule has 0 aromatic carbocycles. The molecule has 1 heterocycles. The number of anilines is 1. The summed E-state index contributed by atoms with van der Waals surface area (Å²) in [5.41, 5.74) is 3.25. The number of hydrogen-bond acceptors (Lipinski definition) is 5. The molecular formula is C12H19N5O2. The molecule has 0 aliphatic carbocycles. The van der Waals surface area contributed by atoms with E-state index in [0.29, 0.717) is 11.3 Å². The van der Waals surface area contributed by atoms with Gasteiger partial charge in [0.25, 0.3) is 5.91 Å². The summed E-state index contributed by atoms with van der Waals surface area (Å²) < 4.78 is 0. The molecule has 0 saturated carbocycles. The van der Waals surface area contributed by atoms with Gasteiger partial charge in [-0.25, -0.2) is 0 Å². The van der Waals surface area contributed by atoms with Crippen LogP contribution in [0.4, 0.5) is 5.69 Å². The lowest BCUT2D eigenvalue weighted by molar-refractivity contribution is -0.121. The van der Waals surface area contributed by atoms with Crippen LogP contribution < -0.4 is 21.9 Å². The summed E-state index contributed by atoms with van der Waals surface area (Å²) in [5, 5.41) is 5.39. The van der Waals surface area contributed by atoms with Crippen LogP contribution in [0.2, 0.25) is 0 Å². The van der Waals surface area contributed by atoms with E-state index in [1.54, 1.807) is 6.07 Å². The van der Waals surface area contributed by atoms with Gasteiger partial charge in [0.05, 0.1) is 11.3 Å². The van der Waals surface area contributed by atoms with E-state index in [4.69, 9.17) is 5.84 Å². The molecule has 0 fully saturated rings. The maximum Gasteiger partial charge on any atom is 0.255 e. The molecule has 2 amide bonds. The van der Waals surface area contributed by atoms with E-state index in [0.717, 1.165) is 0 Å². The first-order valence-electron chi connectivity index (χ1n) is 6.02.